The molecule has 2 aliphatic rings. The highest BCUT2D eigenvalue weighted by atomic mass is 16.3. The number of carbonyl (C=O) groups is 1. The first-order valence-corrected chi connectivity index (χ1v) is 8.12. The Kier molecular flexibility index (Phi) is 3.41. The van der Waals surface area contributed by atoms with Crippen LogP contribution in [0.5, 0.6) is 0 Å². The molecule has 2 bridgehead atoms. The molecule has 1 unspecified atom stereocenters. The zero-order chi connectivity index (χ0) is 16.0. The lowest BCUT2D eigenvalue weighted by Crippen LogP contribution is -2.56. The molecule has 2 aromatic heterocycles. The Morgan fingerprint density at radius 1 is 1.22 bits per heavy atom. The van der Waals surface area contributed by atoms with Crippen LogP contribution >= 0.6 is 0 Å². The molecule has 0 aliphatic carbocycles. The van der Waals surface area contributed by atoms with Crippen molar-refractivity contribution in [3.63, 3.8) is 0 Å². The maximum atomic E-state index is 13.0. The van der Waals surface area contributed by atoms with Crippen molar-refractivity contribution in [2.45, 2.75) is 50.3 Å². The van der Waals surface area contributed by atoms with Crippen molar-refractivity contribution in [3.8, 4) is 0 Å². The standard InChI is InChI=1S/C17H19N3O3/c21-13-8-11-4-3-5-12(9-13)20(11)17(23)14-10-18-15-6-1-2-7-19(15)16(14)22/h1-2,6-7,10-13,21H,3-5,8-9H2/t11-,12+,13?. The van der Waals surface area contributed by atoms with Crippen LogP contribution < -0.4 is 5.56 Å². The maximum absolute atomic E-state index is 13.0. The number of pyridine rings is 1. The summed E-state index contributed by atoms with van der Waals surface area (Å²) in [6.07, 6.45) is 6.73. The van der Waals surface area contributed by atoms with Gasteiger partial charge in [0.1, 0.15) is 11.2 Å². The first kappa shape index (κ1) is 14.4. The summed E-state index contributed by atoms with van der Waals surface area (Å²) >= 11 is 0. The molecule has 1 N–H and O–H groups in total. The van der Waals surface area contributed by atoms with Crippen molar-refractivity contribution in [1.29, 1.82) is 0 Å². The van der Waals surface area contributed by atoms with Gasteiger partial charge in [-0.25, -0.2) is 4.98 Å². The maximum Gasteiger partial charge on any atom is 0.270 e. The van der Waals surface area contributed by atoms with Gasteiger partial charge in [-0.1, -0.05) is 6.07 Å². The highest BCUT2D eigenvalue weighted by molar-refractivity contribution is 5.94. The van der Waals surface area contributed by atoms with E-state index in [1.807, 2.05) is 4.90 Å². The smallest absolute Gasteiger partial charge is 0.270 e. The van der Waals surface area contributed by atoms with E-state index in [4.69, 9.17) is 0 Å². The third-order valence-corrected chi connectivity index (χ3v) is 5.03. The predicted octanol–water partition coefficient (Wildman–Crippen LogP) is 1.21. The SMILES string of the molecule is O=C(c1cnc2ccccn2c1=O)N1[C@@H]2CCC[C@H]1CC(O)C2. The number of fused-ring (bicyclic) bond motifs is 3. The minimum Gasteiger partial charge on any atom is -0.393 e. The molecule has 0 spiro atoms. The number of hydrogen-bond donors (Lipinski definition) is 1. The van der Waals surface area contributed by atoms with Crippen molar-refractivity contribution in [2.24, 2.45) is 0 Å². The summed E-state index contributed by atoms with van der Waals surface area (Å²) in [6.45, 7) is 0. The average Bonchev–Trinajstić information content (AvgIpc) is 2.54. The molecular weight excluding hydrogens is 294 g/mol. The predicted molar refractivity (Wildman–Crippen MR) is 84.3 cm³/mol. The molecule has 0 saturated carbocycles. The van der Waals surface area contributed by atoms with Gasteiger partial charge in [0.2, 0.25) is 0 Å². The zero-order valence-corrected chi connectivity index (χ0v) is 12.8. The summed E-state index contributed by atoms with van der Waals surface area (Å²) in [5, 5.41) is 9.96. The number of amides is 1. The summed E-state index contributed by atoms with van der Waals surface area (Å²) in [5.74, 6) is -0.248. The van der Waals surface area contributed by atoms with E-state index in [0.29, 0.717) is 18.5 Å². The van der Waals surface area contributed by atoms with E-state index in [1.165, 1.54) is 10.6 Å². The van der Waals surface area contributed by atoms with E-state index in [9.17, 15) is 14.7 Å². The van der Waals surface area contributed by atoms with E-state index in [1.54, 1.807) is 24.4 Å². The van der Waals surface area contributed by atoms with Gasteiger partial charge in [0.15, 0.2) is 0 Å². The molecule has 4 heterocycles. The molecule has 2 aliphatic heterocycles. The van der Waals surface area contributed by atoms with Crippen LogP contribution in [0.3, 0.4) is 0 Å². The van der Waals surface area contributed by atoms with Crippen LogP contribution in [0, 0.1) is 0 Å². The van der Waals surface area contributed by atoms with E-state index in [2.05, 4.69) is 4.98 Å². The lowest BCUT2D eigenvalue weighted by Gasteiger charge is -2.47. The topological polar surface area (TPSA) is 74.9 Å². The van der Waals surface area contributed by atoms with Gasteiger partial charge in [-0.15, -0.1) is 0 Å². The number of aromatic nitrogens is 2. The van der Waals surface area contributed by atoms with Crippen LogP contribution in [0.1, 0.15) is 42.5 Å². The van der Waals surface area contributed by atoms with E-state index >= 15 is 0 Å². The lowest BCUT2D eigenvalue weighted by molar-refractivity contribution is -0.0152. The Morgan fingerprint density at radius 2 is 1.96 bits per heavy atom. The van der Waals surface area contributed by atoms with Crippen LogP contribution in [0.25, 0.3) is 5.65 Å². The van der Waals surface area contributed by atoms with Crippen LogP contribution in [-0.4, -0.2) is 43.5 Å². The number of aliphatic hydroxyl groups excluding tert-OH is 1. The fourth-order valence-corrected chi connectivity index (χ4v) is 4.00. The monoisotopic (exact) mass is 313 g/mol. The van der Waals surface area contributed by atoms with E-state index in [0.717, 1.165) is 19.3 Å². The first-order chi connectivity index (χ1) is 11.1. The Balaban J connectivity index is 1.75. The molecule has 4 rings (SSSR count). The van der Waals surface area contributed by atoms with Gasteiger partial charge in [0, 0.05) is 24.5 Å². The molecule has 6 nitrogen and oxygen atoms in total. The molecular formula is C17H19N3O3. The highest BCUT2D eigenvalue weighted by Gasteiger charge is 2.41. The summed E-state index contributed by atoms with van der Waals surface area (Å²) in [6, 6.07) is 5.35. The molecule has 0 aromatic carbocycles. The summed E-state index contributed by atoms with van der Waals surface area (Å²) < 4.78 is 1.40. The van der Waals surface area contributed by atoms with Crippen molar-refractivity contribution < 1.29 is 9.90 Å². The van der Waals surface area contributed by atoms with Crippen LogP contribution in [0.4, 0.5) is 0 Å². The average molecular weight is 313 g/mol. The van der Waals surface area contributed by atoms with Crippen molar-refractivity contribution in [1.82, 2.24) is 14.3 Å². The summed E-state index contributed by atoms with van der Waals surface area (Å²) in [7, 11) is 0. The Bertz CT molecular complexity index is 802. The summed E-state index contributed by atoms with van der Waals surface area (Å²) in [4.78, 5) is 31.7. The molecule has 2 aromatic rings. The fraction of sp³-hybridized carbons (Fsp3) is 0.471. The van der Waals surface area contributed by atoms with Gasteiger partial charge in [0.25, 0.3) is 11.5 Å². The lowest BCUT2D eigenvalue weighted by atomic mass is 9.82. The van der Waals surface area contributed by atoms with Gasteiger partial charge < -0.3 is 10.0 Å². The first-order valence-electron chi connectivity index (χ1n) is 8.12. The third-order valence-electron chi connectivity index (χ3n) is 5.03. The van der Waals surface area contributed by atoms with Gasteiger partial charge in [-0.3, -0.25) is 14.0 Å². The number of hydrogen-bond acceptors (Lipinski definition) is 4. The Morgan fingerprint density at radius 3 is 2.70 bits per heavy atom. The molecule has 120 valence electrons. The second-order valence-corrected chi connectivity index (χ2v) is 6.48. The van der Waals surface area contributed by atoms with Crippen molar-refractivity contribution >= 4 is 11.6 Å². The van der Waals surface area contributed by atoms with Crippen LogP contribution in [0.2, 0.25) is 0 Å². The number of carbonyl (C=O) groups excluding carboxylic acids is 1. The molecule has 2 fully saturated rings. The molecule has 0 radical (unpaired) electrons. The number of nitrogens with zero attached hydrogens (tertiary/aromatic N) is 3. The quantitative estimate of drug-likeness (QED) is 0.859. The number of rotatable bonds is 1. The van der Waals surface area contributed by atoms with Crippen molar-refractivity contribution in [3.05, 3.63) is 46.5 Å². The molecule has 6 heteroatoms. The second kappa shape index (κ2) is 5.45. The normalized spacial score (nSPS) is 27.2. The number of piperidine rings is 2. The number of aliphatic hydroxyl groups is 1. The van der Waals surface area contributed by atoms with Gasteiger partial charge in [0.05, 0.1) is 6.10 Å². The fourth-order valence-electron chi connectivity index (χ4n) is 4.00. The zero-order valence-electron chi connectivity index (χ0n) is 12.8. The molecule has 2 saturated heterocycles. The minimum absolute atomic E-state index is 0.0286. The highest BCUT2D eigenvalue weighted by Crippen LogP contribution is 2.34. The van der Waals surface area contributed by atoms with E-state index < -0.39 is 0 Å². The Labute approximate surface area is 133 Å². The van der Waals surface area contributed by atoms with Crippen molar-refractivity contribution in [2.75, 3.05) is 0 Å². The molecule has 23 heavy (non-hydrogen) atoms. The Hall–Kier alpha value is -2.21. The van der Waals surface area contributed by atoms with Gasteiger partial charge in [-0.05, 0) is 44.2 Å². The summed E-state index contributed by atoms with van der Waals surface area (Å²) in [5.41, 5.74) is 0.315. The van der Waals surface area contributed by atoms with E-state index in [-0.39, 0.29) is 35.2 Å². The third kappa shape index (κ3) is 2.34. The largest absolute Gasteiger partial charge is 0.393 e. The van der Waals surface area contributed by atoms with Gasteiger partial charge >= 0.3 is 0 Å². The van der Waals surface area contributed by atoms with Crippen LogP contribution in [-0.2, 0) is 0 Å². The molecule has 3 atom stereocenters. The molecule has 1 amide bonds. The second-order valence-electron chi connectivity index (χ2n) is 6.48. The van der Waals surface area contributed by atoms with Gasteiger partial charge in [-0.2, -0.15) is 0 Å². The minimum atomic E-state index is -0.342. The van der Waals surface area contributed by atoms with Crippen LogP contribution in [0.15, 0.2) is 35.4 Å².